The molecule has 1 fully saturated rings. The lowest BCUT2D eigenvalue weighted by molar-refractivity contribution is -0.112. The minimum Gasteiger partial charge on any atom is -0.313 e. The first-order chi connectivity index (χ1) is 4.88. The zero-order valence-electron chi connectivity index (χ0n) is 6.05. The van der Waals surface area contributed by atoms with Crippen molar-refractivity contribution in [2.75, 3.05) is 0 Å². The molecule has 1 rings (SSSR count). The van der Waals surface area contributed by atoms with Crippen LogP contribution in [-0.2, 0) is 4.79 Å². The van der Waals surface area contributed by atoms with Crippen molar-refractivity contribution in [3.63, 3.8) is 0 Å². The summed E-state index contributed by atoms with van der Waals surface area (Å²) in [5.74, 6) is 0.387. The predicted molar refractivity (Wildman–Crippen MR) is 40.3 cm³/mol. The van der Waals surface area contributed by atoms with Gasteiger partial charge in [0.05, 0.1) is 0 Å². The van der Waals surface area contributed by atoms with Gasteiger partial charge in [0.2, 0.25) is 0 Å². The molecule has 1 aliphatic carbocycles. The van der Waals surface area contributed by atoms with Crippen molar-refractivity contribution in [2.45, 2.75) is 25.7 Å². The second-order valence-corrected chi connectivity index (χ2v) is 2.91. The summed E-state index contributed by atoms with van der Waals surface area (Å²) < 4.78 is 0. The minimum absolute atomic E-state index is 0.145. The molecule has 2 unspecified atom stereocenters. The summed E-state index contributed by atoms with van der Waals surface area (Å²) >= 11 is 0. The van der Waals surface area contributed by atoms with Crippen molar-refractivity contribution in [3.05, 3.63) is 0 Å². The molecule has 0 heterocycles. The number of hydrogen-bond acceptors (Lipinski definition) is 2. The molecule has 0 amide bonds. The lowest BCUT2D eigenvalue weighted by Gasteiger charge is -2.23. The molecule has 2 heteroatoms. The van der Waals surface area contributed by atoms with Crippen LogP contribution in [0.5, 0.6) is 0 Å². The second-order valence-electron chi connectivity index (χ2n) is 2.91. The van der Waals surface area contributed by atoms with Gasteiger partial charge in [-0.2, -0.15) is 0 Å². The van der Waals surface area contributed by atoms with Gasteiger partial charge >= 0.3 is 0 Å². The molecule has 2 nitrogen and oxygen atoms in total. The van der Waals surface area contributed by atoms with E-state index < -0.39 is 0 Å². The maximum absolute atomic E-state index is 10.4. The Kier molecular flexibility index (Phi) is 2.60. The summed E-state index contributed by atoms with van der Waals surface area (Å²) in [7, 11) is 0. The Bertz CT molecular complexity index is 117. The first-order valence-corrected chi connectivity index (χ1v) is 3.84. The summed E-state index contributed by atoms with van der Waals surface area (Å²) in [5.41, 5.74) is 0. The van der Waals surface area contributed by atoms with Crippen LogP contribution < -0.4 is 0 Å². The molecule has 0 bridgehead atoms. The Balaban J connectivity index is 2.49. The van der Waals surface area contributed by atoms with E-state index in [0.29, 0.717) is 0 Å². The Morgan fingerprint density at radius 1 is 1.20 bits per heavy atom. The molecular weight excluding hydrogens is 126 g/mol. The first-order valence-electron chi connectivity index (χ1n) is 3.84. The summed E-state index contributed by atoms with van der Waals surface area (Å²) in [6, 6.07) is 0. The largest absolute Gasteiger partial charge is 0.313 e. The normalized spacial score (nSPS) is 33.2. The molecule has 10 heavy (non-hydrogen) atoms. The third-order valence-corrected chi connectivity index (χ3v) is 2.26. The SMILES string of the molecule is N=CC1CCCCC1C=O. The molecule has 2 atom stereocenters. The van der Waals surface area contributed by atoms with E-state index in [-0.39, 0.29) is 11.8 Å². The highest BCUT2D eigenvalue weighted by molar-refractivity contribution is 5.66. The van der Waals surface area contributed by atoms with E-state index in [0.717, 1.165) is 25.5 Å². The molecule has 0 saturated heterocycles. The van der Waals surface area contributed by atoms with Gasteiger partial charge in [-0.1, -0.05) is 12.8 Å². The average Bonchev–Trinajstić information content (AvgIpc) is 2.04. The molecule has 56 valence electrons. The van der Waals surface area contributed by atoms with Crippen LogP contribution in [0.4, 0.5) is 0 Å². The van der Waals surface area contributed by atoms with Crippen molar-refractivity contribution in [3.8, 4) is 0 Å². The number of hydrogen-bond donors (Lipinski definition) is 1. The van der Waals surface area contributed by atoms with Gasteiger partial charge in [0.1, 0.15) is 6.29 Å². The van der Waals surface area contributed by atoms with Gasteiger partial charge in [-0.3, -0.25) is 0 Å². The lowest BCUT2D eigenvalue weighted by atomic mass is 9.81. The first kappa shape index (κ1) is 7.45. The standard InChI is InChI=1S/C8H13NO/c9-5-7-3-1-2-4-8(7)6-10/h5-9H,1-4H2. The number of carbonyl (C=O) groups excluding carboxylic acids is 1. The van der Waals surface area contributed by atoms with Crippen LogP contribution in [0.25, 0.3) is 0 Å². The highest BCUT2D eigenvalue weighted by Gasteiger charge is 2.22. The fourth-order valence-electron chi connectivity index (χ4n) is 1.56. The monoisotopic (exact) mass is 139 g/mol. The lowest BCUT2D eigenvalue weighted by Crippen LogP contribution is -2.21. The number of nitrogens with one attached hydrogen (secondary N) is 1. The number of carbonyl (C=O) groups is 1. The van der Waals surface area contributed by atoms with Crippen molar-refractivity contribution in [2.24, 2.45) is 11.8 Å². The molecule has 0 aromatic rings. The van der Waals surface area contributed by atoms with Crippen LogP contribution in [0.15, 0.2) is 0 Å². The third kappa shape index (κ3) is 1.43. The summed E-state index contributed by atoms with van der Waals surface area (Å²) in [4.78, 5) is 10.4. The molecule has 0 aromatic heterocycles. The maximum Gasteiger partial charge on any atom is 0.123 e. The Hall–Kier alpha value is -0.660. The molecule has 1 N–H and O–H groups in total. The zero-order chi connectivity index (χ0) is 7.40. The average molecular weight is 139 g/mol. The van der Waals surface area contributed by atoms with Crippen LogP contribution in [0.1, 0.15) is 25.7 Å². The van der Waals surface area contributed by atoms with Crippen molar-refractivity contribution < 1.29 is 4.79 Å². The fourth-order valence-corrected chi connectivity index (χ4v) is 1.56. The van der Waals surface area contributed by atoms with Crippen molar-refractivity contribution in [1.29, 1.82) is 5.41 Å². The molecule has 0 spiro atoms. The third-order valence-electron chi connectivity index (χ3n) is 2.26. The molecule has 1 aliphatic rings. The molecule has 0 radical (unpaired) electrons. The van der Waals surface area contributed by atoms with E-state index >= 15 is 0 Å². The fraction of sp³-hybridized carbons (Fsp3) is 0.750. The van der Waals surface area contributed by atoms with Crippen LogP contribution in [0, 0.1) is 17.2 Å². The van der Waals surface area contributed by atoms with Gasteiger partial charge in [0.25, 0.3) is 0 Å². The molecule has 0 aliphatic heterocycles. The maximum atomic E-state index is 10.4. The van der Waals surface area contributed by atoms with E-state index in [2.05, 4.69) is 0 Å². The molecular formula is C8H13NO. The van der Waals surface area contributed by atoms with E-state index in [1.165, 1.54) is 12.6 Å². The van der Waals surface area contributed by atoms with Gasteiger partial charge < -0.3 is 10.2 Å². The van der Waals surface area contributed by atoms with Crippen LogP contribution in [-0.4, -0.2) is 12.5 Å². The molecule has 0 aromatic carbocycles. The van der Waals surface area contributed by atoms with E-state index in [9.17, 15) is 4.79 Å². The molecule has 1 saturated carbocycles. The minimum atomic E-state index is 0.145. The Morgan fingerprint density at radius 3 is 2.20 bits per heavy atom. The van der Waals surface area contributed by atoms with Crippen molar-refractivity contribution in [1.82, 2.24) is 0 Å². The highest BCUT2D eigenvalue weighted by Crippen LogP contribution is 2.26. The topological polar surface area (TPSA) is 40.9 Å². The highest BCUT2D eigenvalue weighted by atomic mass is 16.1. The smallest absolute Gasteiger partial charge is 0.123 e. The summed E-state index contributed by atoms with van der Waals surface area (Å²) in [6.45, 7) is 0. The Labute approximate surface area is 61.1 Å². The summed E-state index contributed by atoms with van der Waals surface area (Å²) in [6.07, 6.45) is 6.81. The van der Waals surface area contributed by atoms with Gasteiger partial charge in [0.15, 0.2) is 0 Å². The van der Waals surface area contributed by atoms with Gasteiger partial charge in [-0.05, 0) is 19.1 Å². The number of aldehydes is 1. The zero-order valence-corrected chi connectivity index (χ0v) is 6.05. The van der Waals surface area contributed by atoms with Crippen LogP contribution >= 0.6 is 0 Å². The quantitative estimate of drug-likeness (QED) is 0.458. The van der Waals surface area contributed by atoms with E-state index in [1.807, 2.05) is 0 Å². The van der Waals surface area contributed by atoms with Crippen LogP contribution in [0.3, 0.4) is 0 Å². The Morgan fingerprint density at radius 2 is 1.80 bits per heavy atom. The van der Waals surface area contributed by atoms with Gasteiger partial charge in [-0.25, -0.2) is 0 Å². The summed E-state index contributed by atoms with van der Waals surface area (Å²) in [5, 5.41) is 7.05. The second kappa shape index (κ2) is 3.49. The van der Waals surface area contributed by atoms with Gasteiger partial charge in [-0.15, -0.1) is 0 Å². The van der Waals surface area contributed by atoms with Gasteiger partial charge in [0, 0.05) is 11.8 Å². The van der Waals surface area contributed by atoms with E-state index in [1.54, 1.807) is 0 Å². The van der Waals surface area contributed by atoms with E-state index in [4.69, 9.17) is 5.41 Å². The predicted octanol–water partition coefficient (Wildman–Crippen LogP) is 1.64. The van der Waals surface area contributed by atoms with Crippen molar-refractivity contribution >= 4 is 12.5 Å². The number of rotatable bonds is 2. The van der Waals surface area contributed by atoms with Crippen LogP contribution in [0.2, 0.25) is 0 Å².